The van der Waals surface area contributed by atoms with E-state index in [4.69, 9.17) is 9.15 Å². The number of furan rings is 1. The molecule has 0 unspecified atom stereocenters. The van der Waals surface area contributed by atoms with Crippen molar-refractivity contribution in [2.75, 3.05) is 11.5 Å². The fourth-order valence-corrected chi connectivity index (χ4v) is 4.20. The molecule has 0 fully saturated rings. The molecule has 9 heteroatoms. The average Bonchev–Trinajstić information content (AvgIpc) is 3.54. The Labute approximate surface area is 223 Å². The number of nitro groups is 1. The summed E-state index contributed by atoms with van der Waals surface area (Å²) in [5.74, 6) is -0.237. The number of non-ortho nitro benzene ring substituents is 1. The number of benzene rings is 3. The van der Waals surface area contributed by atoms with E-state index >= 15 is 0 Å². The van der Waals surface area contributed by atoms with Crippen molar-refractivity contribution in [3.63, 3.8) is 0 Å². The largest absolute Gasteiger partial charge is 0.506 e. The van der Waals surface area contributed by atoms with Crippen LogP contribution in [0.1, 0.15) is 28.6 Å². The molecule has 0 bridgehead atoms. The highest BCUT2D eigenvalue weighted by molar-refractivity contribution is 6.23. The number of anilines is 1. The molecule has 5 rings (SSSR count). The lowest BCUT2D eigenvalue weighted by Crippen LogP contribution is -2.25. The van der Waals surface area contributed by atoms with E-state index in [0.717, 1.165) is 11.6 Å². The molecule has 1 aliphatic heterocycles. The monoisotopic (exact) mass is 522 g/mol. The Morgan fingerprint density at radius 3 is 2.46 bits per heavy atom. The van der Waals surface area contributed by atoms with Gasteiger partial charge in [-0.3, -0.25) is 19.8 Å². The number of aromatic hydroxyl groups is 1. The number of nitrogens with zero attached hydrogens (tertiary/aromatic N) is 2. The summed E-state index contributed by atoms with van der Waals surface area (Å²) < 4.78 is 11.0. The summed E-state index contributed by atoms with van der Waals surface area (Å²) in [4.78, 5) is 37.5. The van der Waals surface area contributed by atoms with Crippen LogP contribution in [0.5, 0.6) is 5.75 Å². The number of esters is 1. The van der Waals surface area contributed by atoms with Gasteiger partial charge in [0.05, 0.1) is 28.5 Å². The molecule has 1 amide bonds. The van der Waals surface area contributed by atoms with E-state index in [0.29, 0.717) is 28.3 Å². The third kappa shape index (κ3) is 5.05. The summed E-state index contributed by atoms with van der Waals surface area (Å²) in [5.41, 5.74) is 2.28. The lowest BCUT2D eigenvalue weighted by Gasteiger charge is -2.21. The van der Waals surface area contributed by atoms with Gasteiger partial charge in [-0.05, 0) is 55.0 Å². The van der Waals surface area contributed by atoms with Gasteiger partial charge < -0.3 is 14.3 Å². The van der Waals surface area contributed by atoms with Crippen LogP contribution in [0.3, 0.4) is 0 Å². The normalized spacial score (nSPS) is 14.0. The first kappa shape index (κ1) is 25.2. The zero-order valence-electron chi connectivity index (χ0n) is 20.7. The topological polar surface area (TPSA) is 123 Å². The molecule has 2 heterocycles. The third-order valence-corrected chi connectivity index (χ3v) is 6.07. The summed E-state index contributed by atoms with van der Waals surface area (Å²) in [5, 5.41) is 21.9. The van der Waals surface area contributed by atoms with E-state index in [-0.39, 0.29) is 29.3 Å². The molecule has 39 heavy (non-hydrogen) atoms. The summed E-state index contributed by atoms with van der Waals surface area (Å²) in [7, 11) is 0. The van der Waals surface area contributed by atoms with Crippen molar-refractivity contribution >= 4 is 35.0 Å². The highest BCUT2D eigenvalue weighted by atomic mass is 16.6. The van der Waals surface area contributed by atoms with Crippen LogP contribution in [-0.2, 0) is 9.53 Å². The van der Waals surface area contributed by atoms with Gasteiger partial charge in [0.1, 0.15) is 17.3 Å². The Kier molecular flexibility index (Phi) is 6.79. The summed E-state index contributed by atoms with van der Waals surface area (Å²) in [6.45, 7) is 2.03. The fourth-order valence-electron chi connectivity index (χ4n) is 4.20. The van der Waals surface area contributed by atoms with Crippen LogP contribution >= 0.6 is 0 Å². The number of ether oxygens (including phenoxy) is 1. The van der Waals surface area contributed by atoms with Crippen LogP contribution in [0, 0.1) is 10.1 Å². The molecular formula is C30H22N2O7. The molecule has 1 aliphatic rings. The number of phenols is 1. The number of carbonyl (C=O) groups is 2. The van der Waals surface area contributed by atoms with E-state index in [2.05, 4.69) is 0 Å². The Morgan fingerprint density at radius 1 is 1.03 bits per heavy atom. The molecule has 9 nitrogen and oxygen atoms in total. The van der Waals surface area contributed by atoms with Crippen molar-refractivity contribution in [1.82, 2.24) is 0 Å². The highest BCUT2D eigenvalue weighted by Gasteiger charge is 2.33. The highest BCUT2D eigenvalue weighted by Crippen LogP contribution is 2.41. The maximum Gasteiger partial charge on any atom is 0.338 e. The predicted octanol–water partition coefficient (Wildman–Crippen LogP) is 6.21. The molecule has 0 atom stereocenters. The minimum absolute atomic E-state index is 0.00507. The van der Waals surface area contributed by atoms with Crippen molar-refractivity contribution in [2.24, 2.45) is 0 Å². The molecule has 0 aliphatic carbocycles. The lowest BCUT2D eigenvalue weighted by molar-refractivity contribution is -0.384. The molecule has 0 saturated heterocycles. The van der Waals surface area contributed by atoms with Crippen molar-refractivity contribution in [1.29, 1.82) is 0 Å². The summed E-state index contributed by atoms with van der Waals surface area (Å²) in [6.07, 6.45) is 3.21. The van der Waals surface area contributed by atoms with Crippen molar-refractivity contribution in [3.05, 3.63) is 124 Å². The van der Waals surface area contributed by atoms with Crippen LogP contribution in [0.25, 0.3) is 23.1 Å². The Morgan fingerprint density at radius 2 is 1.77 bits per heavy atom. The standard InChI is InChI=1S/C30H22N2O7/c1-2-38-30(35)21-10-8-20(9-11-21)28-15-13-24(39-28)16-22-17-25(19-6-4-3-5-7-19)31(29(22)34)26-18-23(32(36)37)12-14-27(26)33/h3-18,33H,2H2,1H3. The van der Waals surface area contributed by atoms with Crippen LogP contribution < -0.4 is 4.90 Å². The summed E-state index contributed by atoms with van der Waals surface area (Å²) in [6, 6.07) is 22.8. The number of phenolic OH excluding ortho intramolecular Hbond substituents is 1. The van der Waals surface area contributed by atoms with Gasteiger partial charge in [-0.2, -0.15) is 0 Å². The van der Waals surface area contributed by atoms with Crippen molar-refractivity contribution in [2.45, 2.75) is 6.92 Å². The molecule has 3 aromatic carbocycles. The Balaban J connectivity index is 1.50. The van der Waals surface area contributed by atoms with Gasteiger partial charge >= 0.3 is 5.97 Å². The third-order valence-electron chi connectivity index (χ3n) is 6.07. The molecule has 0 radical (unpaired) electrons. The molecule has 194 valence electrons. The van der Waals surface area contributed by atoms with Gasteiger partial charge in [-0.15, -0.1) is 0 Å². The van der Waals surface area contributed by atoms with Crippen molar-refractivity contribution < 1.29 is 28.8 Å². The Hall–Kier alpha value is -5.44. The fraction of sp³-hybridized carbons (Fsp3) is 0.0667. The number of amides is 1. The zero-order valence-corrected chi connectivity index (χ0v) is 20.7. The van der Waals surface area contributed by atoms with Gasteiger partial charge in [-0.25, -0.2) is 4.79 Å². The van der Waals surface area contributed by atoms with E-state index in [1.807, 2.05) is 6.07 Å². The van der Waals surface area contributed by atoms with Crippen LogP contribution in [-0.4, -0.2) is 28.5 Å². The number of hydrogen-bond donors (Lipinski definition) is 1. The molecule has 1 aromatic heterocycles. The first-order valence-electron chi connectivity index (χ1n) is 12.0. The number of hydrogen-bond acceptors (Lipinski definition) is 7. The molecule has 4 aromatic rings. The van der Waals surface area contributed by atoms with Crippen LogP contribution in [0.15, 0.2) is 101 Å². The second kappa shape index (κ2) is 10.5. The second-order valence-corrected chi connectivity index (χ2v) is 8.57. The van der Waals surface area contributed by atoms with Gasteiger partial charge in [0.2, 0.25) is 0 Å². The van der Waals surface area contributed by atoms with Gasteiger partial charge in [0, 0.05) is 23.3 Å². The smallest absolute Gasteiger partial charge is 0.338 e. The number of rotatable bonds is 7. The maximum atomic E-state index is 13.6. The molecule has 0 spiro atoms. The minimum Gasteiger partial charge on any atom is -0.506 e. The second-order valence-electron chi connectivity index (χ2n) is 8.57. The zero-order chi connectivity index (χ0) is 27.5. The Bertz CT molecular complexity index is 1630. The van der Waals surface area contributed by atoms with E-state index < -0.39 is 16.8 Å². The van der Waals surface area contributed by atoms with Gasteiger partial charge in [-0.1, -0.05) is 42.5 Å². The first-order valence-corrected chi connectivity index (χ1v) is 12.0. The number of carbonyl (C=O) groups excluding carboxylic acids is 2. The van der Waals surface area contributed by atoms with Crippen LogP contribution in [0.4, 0.5) is 11.4 Å². The molecule has 1 N–H and O–H groups in total. The minimum atomic E-state index is -0.588. The van der Waals surface area contributed by atoms with Gasteiger partial charge in [0.15, 0.2) is 0 Å². The molecular weight excluding hydrogens is 500 g/mol. The van der Waals surface area contributed by atoms with Crippen molar-refractivity contribution in [3.8, 4) is 17.1 Å². The maximum absolute atomic E-state index is 13.6. The van der Waals surface area contributed by atoms with Gasteiger partial charge in [0.25, 0.3) is 11.6 Å². The van der Waals surface area contributed by atoms with Crippen LogP contribution in [0.2, 0.25) is 0 Å². The quantitative estimate of drug-likeness (QED) is 0.132. The van der Waals surface area contributed by atoms with E-state index in [1.165, 1.54) is 17.0 Å². The predicted molar refractivity (Wildman–Crippen MR) is 145 cm³/mol. The first-order chi connectivity index (χ1) is 18.9. The van der Waals surface area contributed by atoms with E-state index in [1.54, 1.807) is 79.7 Å². The summed E-state index contributed by atoms with van der Waals surface area (Å²) >= 11 is 0. The molecule has 0 saturated carbocycles. The van der Waals surface area contributed by atoms with E-state index in [9.17, 15) is 24.8 Å². The SMILES string of the molecule is CCOC(=O)c1ccc(-c2ccc(C=C3C=C(c4ccccc4)N(c4cc([N+](=O)[O-])ccc4O)C3=O)o2)cc1. The lowest BCUT2D eigenvalue weighted by atomic mass is 10.1. The number of nitro benzene ring substituents is 1. The average molecular weight is 523 g/mol.